The molecule has 3 rings (SSSR count). The second kappa shape index (κ2) is 5.57. The van der Waals surface area contributed by atoms with E-state index in [0.717, 1.165) is 11.2 Å². The molecule has 0 radical (unpaired) electrons. The van der Waals surface area contributed by atoms with E-state index in [0.29, 0.717) is 17.9 Å². The summed E-state index contributed by atoms with van der Waals surface area (Å²) in [6.45, 7) is 0.641. The molecule has 0 amide bonds. The normalized spacial score (nSPS) is 10.6. The van der Waals surface area contributed by atoms with Crippen LogP contribution in [0, 0.1) is 0 Å². The molecule has 2 heterocycles. The largest absolute Gasteiger partial charge is 1.00 e. The lowest BCUT2D eigenvalue weighted by atomic mass is 10.2. The fraction of sp³-hybridized carbons (Fsp3) is 0.214. The lowest BCUT2D eigenvalue weighted by Gasteiger charge is -2.04. The maximum absolute atomic E-state index is 12.1. The van der Waals surface area contributed by atoms with Gasteiger partial charge in [0.2, 0.25) is 12.1 Å². The Balaban J connectivity index is 0.00000161. The fourth-order valence-corrected chi connectivity index (χ4v) is 2.48. The molecule has 3 aromatic rings. The quantitative estimate of drug-likeness (QED) is 0.520. The number of imidazole rings is 1. The monoisotopic (exact) mass is 305 g/mol. The van der Waals surface area contributed by atoms with Crippen molar-refractivity contribution in [2.75, 3.05) is 5.73 Å². The molecule has 0 aliphatic rings. The first-order chi connectivity index (χ1) is 9.59. The van der Waals surface area contributed by atoms with Crippen molar-refractivity contribution in [2.24, 2.45) is 14.1 Å². The Labute approximate surface area is 127 Å². The molecule has 0 fully saturated rings. The van der Waals surface area contributed by atoms with E-state index in [1.165, 1.54) is 4.57 Å². The Morgan fingerprint density at radius 2 is 1.86 bits per heavy atom. The van der Waals surface area contributed by atoms with Gasteiger partial charge >= 0.3 is 5.69 Å². The average molecular weight is 306 g/mol. The van der Waals surface area contributed by atoms with Crippen LogP contribution in [0.25, 0.3) is 11.2 Å². The number of aryl methyl sites for hydroxylation is 2. The first-order valence-corrected chi connectivity index (χ1v) is 6.33. The van der Waals surface area contributed by atoms with Crippen molar-refractivity contribution in [3.8, 4) is 0 Å². The number of anilines is 1. The van der Waals surface area contributed by atoms with Crippen molar-refractivity contribution in [3.63, 3.8) is 0 Å². The van der Waals surface area contributed by atoms with Gasteiger partial charge in [0.05, 0.1) is 13.6 Å². The van der Waals surface area contributed by atoms with Gasteiger partial charge in [0, 0.05) is 7.05 Å². The van der Waals surface area contributed by atoms with Crippen LogP contribution in [0.3, 0.4) is 0 Å². The number of fused-ring (bicyclic) bond motifs is 1. The summed E-state index contributed by atoms with van der Waals surface area (Å²) in [5, 5.41) is 0. The van der Waals surface area contributed by atoms with Crippen LogP contribution in [-0.4, -0.2) is 14.1 Å². The fourth-order valence-electron chi connectivity index (χ4n) is 2.48. The third kappa shape index (κ3) is 2.38. The summed E-state index contributed by atoms with van der Waals surface area (Å²) in [7, 11) is 3.45. The van der Waals surface area contributed by atoms with E-state index in [-0.39, 0.29) is 18.1 Å². The summed E-state index contributed by atoms with van der Waals surface area (Å²) in [5.74, 6) is 0.365. The van der Waals surface area contributed by atoms with Gasteiger partial charge in [0.25, 0.3) is 5.65 Å². The van der Waals surface area contributed by atoms with E-state index in [9.17, 15) is 4.79 Å². The first-order valence-electron chi connectivity index (χ1n) is 6.33. The van der Waals surface area contributed by atoms with Crippen molar-refractivity contribution in [1.29, 1.82) is 0 Å². The molecule has 2 N–H and O–H groups in total. The number of nitrogens with zero attached hydrogens (tertiary/aromatic N) is 4. The molecule has 0 saturated carbocycles. The van der Waals surface area contributed by atoms with Crippen LogP contribution in [0.5, 0.6) is 0 Å². The number of benzene rings is 1. The highest BCUT2D eigenvalue weighted by atomic mass is 35.5. The molecule has 0 unspecified atom stereocenters. The van der Waals surface area contributed by atoms with Gasteiger partial charge in [0.15, 0.2) is 5.52 Å². The zero-order valence-corrected chi connectivity index (χ0v) is 12.6. The molecule has 0 atom stereocenters. The van der Waals surface area contributed by atoms with Crippen molar-refractivity contribution in [3.05, 3.63) is 52.7 Å². The predicted octanol–water partition coefficient (Wildman–Crippen LogP) is -2.81. The molecular weight excluding hydrogens is 290 g/mol. The zero-order valence-electron chi connectivity index (χ0n) is 11.8. The highest BCUT2D eigenvalue weighted by Crippen LogP contribution is 2.12. The van der Waals surface area contributed by atoms with Crippen LogP contribution in [0.2, 0.25) is 0 Å². The molecule has 0 bridgehead atoms. The topological polar surface area (TPSA) is 69.7 Å². The van der Waals surface area contributed by atoms with Gasteiger partial charge in [-0.3, -0.25) is 4.57 Å². The molecule has 0 aliphatic heterocycles. The third-order valence-electron chi connectivity index (χ3n) is 3.49. The minimum Gasteiger partial charge on any atom is -1.00 e. The Morgan fingerprint density at radius 3 is 2.52 bits per heavy atom. The van der Waals surface area contributed by atoms with Crippen LogP contribution in [0.1, 0.15) is 5.56 Å². The number of nitrogens with two attached hydrogens (primary N) is 1. The summed E-state index contributed by atoms with van der Waals surface area (Å²) in [6, 6.07) is 10.0. The number of hydrogen-bond acceptors (Lipinski definition) is 3. The SMILES string of the molecule is Cn1c(=O)n(C)c2c1c(N)nc[n+]2Cc1ccccc1.[Cl-]. The van der Waals surface area contributed by atoms with E-state index in [4.69, 9.17) is 5.73 Å². The lowest BCUT2D eigenvalue weighted by Crippen LogP contribution is -3.00. The molecule has 2 aromatic heterocycles. The maximum Gasteiger partial charge on any atom is 0.386 e. The van der Waals surface area contributed by atoms with Gasteiger partial charge in [-0.15, -0.1) is 0 Å². The summed E-state index contributed by atoms with van der Waals surface area (Å²) in [5.41, 5.74) is 8.37. The van der Waals surface area contributed by atoms with Crippen LogP contribution in [0.4, 0.5) is 5.82 Å². The number of halogens is 1. The number of rotatable bonds is 2. The summed E-state index contributed by atoms with van der Waals surface area (Å²) < 4.78 is 5.05. The van der Waals surface area contributed by atoms with Gasteiger partial charge in [-0.2, -0.15) is 0 Å². The van der Waals surface area contributed by atoms with Crippen molar-refractivity contribution >= 4 is 17.0 Å². The second-order valence-corrected chi connectivity index (χ2v) is 4.82. The first kappa shape index (κ1) is 15.1. The van der Waals surface area contributed by atoms with Gasteiger partial charge < -0.3 is 18.1 Å². The average Bonchev–Trinajstić information content (AvgIpc) is 2.69. The predicted molar refractivity (Wildman–Crippen MR) is 76.1 cm³/mol. The summed E-state index contributed by atoms with van der Waals surface area (Å²) in [6.07, 6.45) is 1.67. The smallest absolute Gasteiger partial charge is 0.386 e. The van der Waals surface area contributed by atoms with Crippen LogP contribution < -0.4 is 28.4 Å². The van der Waals surface area contributed by atoms with E-state index >= 15 is 0 Å². The summed E-state index contributed by atoms with van der Waals surface area (Å²) in [4.78, 5) is 16.3. The number of nitrogen functional groups attached to an aromatic ring is 1. The number of hydrogen-bond donors (Lipinski definition) is 1. The lowest BCUT2D eigenvalue weighted by molar-refractivity contribution is -0.667. The summed E-state index contributed by atoms with van der Waals surface area (Å²) >= 11 is 0. The van der Waals surface area contributed by atoms with Gasteiger partial charge in [-0.25, -0.2) is 13.9 Å². The Morgan fingerprint density at radius 1 is 1.19 bits per heavy atom. The molecule has 21 heavy (non-hydrogen) atoms. The van der Waals surface area contributed by atoms with Crippen molar-refractivity contribution < 1.29 is 17.0 Å². The van der Waals surface area contributed by atoms with Crippen LogP contribution >= 0.6 is 0 Å². The Kier molecular flexibility index (Phi) is 3.99. The van der Waals surface area contributed by atoms with Crippen molar-refractivity contribution in [1.82, 2.24) is 14.1 Å². The van der Waals surface area contributed by atoms with E-state index in [1.54, 1.807) is 25.0 Å². The minimum absolute atomic E-state index is 0. The van der Waals surface area contributed by atoms with E-state index < -0.39 is 0 Å². The molecule has 0 saturated heterocycles. The maximum atomic E-state index is 12.1. The Hall–Kier alpha value is -2.34. The van der Waals surface area contributed by atoms with E-state index in [1.807, 2.05) is 34.9 Å². The molecule has 0 aliphatic carbocycles. The van der Waals surface area contributed by atoms with E-state index in [2.05, 4.69) is 4.98 Å². The minimum atomic E-state index is -0.110. The standard InChI is InChI=1S/C14H15N5O.ClH/c1-17-11-12(15)16-9-19(13(11)18(2)14(17)20)8-10-6-4-3-5-7-10;/h3-7,9,15H,8H2,1-2H3;1H. The molecule has 7 heteroatoms. The van der Waals surface area contributed by atoms with Crippen molar-refractivity contribution in [2.45, 2.75) is 6.54 Å². The van der Waals surface area contributed by atoms with Gasteiger partial charge in [-0.1, -0.05) is 35.3 Å². The molecule has 6 nitrogen and oxygen atoms in total. The van der Waals surface area contributed by atoms with Crippen LogP contribution in [0.15, 0.2) is 41.5 Å². The third-order valence-corrected chi connectivity index (χ3v) is 3.49. The Bertz CT molecular complexity index is 838. The van der Waals surface area contributed by atoms with Gasteiger partial charge in [-0.05, 0) is 5.56 Å². The number of aromatic nitrogens is 4. The molecular formula is C14H16ClN5O. The molecule has 0 spiro atoms. The molecule has 110 valence electrons. The molecule has 1 aromatic carbocycles. The highest BCUT2D eigenvalue weighted by molar-refractivity contribution is 5.79. The highest BCUT2D eigenvalue weighted by Gasteiger charge is 2.21. The van der Waals surface area contributed by atoms with Crippen LogP contribution in [-0.2, 0) is 20.6 Å². The second-order valence-electron chi connectivity index (χ2n) is 4.82. The van der Waals surface area contributed by atoms with Gasteiger partial charge in [0.1, 0.15) is 0 Å². The zero-order chi connectivity index (χ0) is 14.3.